The van der Waals surface area contributed by atoms with Gasteiger partial charge in [-0.05, 0) is 43.3 Å². The molecular formula is C23H21F2N3O5S. The molecule has 0 bridgehead atoms. The maximum atomic E-state index is 14.3. The van der Waals surface area contributed by atoms with Crippen molar-refractivity contribution < 1.29 is 27.0 Å². The van der Waals surface area contributed by atoms with E-state index in [0.29, 0.717) is 33.8 Å². The number of hydrogen-bond donors (Lipinski definition) is 3. The van der Waals surface area contributed by atoms with E-state index in [2.05, 4.69) is 9.71 Å². The van der Waals surface area contributed by atoms with Gasteiger partial charge >= 0.3 is 0 Å². The molecule has 2 aromatic heterocycles. The van der Waals surface area contributed by atoms with Gasteiger partial charge in [0.05, 0.1) is 23.3 Å². The number of ether oxygens (including phenoxy) is 1. The molecule has 0 radical (unpaired) electrons. The highest BCUT2D eigenvalue weighted by Gasteiger charge is 2.19. The van der Waals surface area contributed by atoms with Gasteiger partial charge in [0.25, 0.3) is 5.56 Å². The summed E-state index contributed by atoms with van der Waals surface area (Å²) in [7, 11) is -2.06. The van der Waals surface area contributed by atoms with Gasteiger partial charge in [0.2, 0.25) is 10.0 Å². The van der Waals surface area contributed by atoms with Crippen LogP contribution >= 0.6 is 0 Å². The minimum Gasteiger partial charge on any atom is -0.454 e. The smallest absolute Gasteiger partial charge is 0.259 e. The first-order valence-electron chi connectivity index (χ1n) is 10.2. The van der Waals surface area contributed by atoms with Crippen molar-refractivity contribution in [2.24, 2.45) is 7.05 Å². The zero-order valence-electron chi connectivity index (χ0n) is 18.2. The number of benzene rings is 2. The number of aryl methyl sites for hydroxylation is 1. The van der Waals surface area contributed by atoms with Gasteiger partial charge in [0, 0.05) is 41.8 Å². The molecule has 4 rings (SSSR count). The quantitative estimate of drug-likeness (QED) is 0.365. The van der Waals surface area contributed by atoms with E-state index in [1.54, 1.807) is 7.05 Å². The van der Waals surface area contributed by atoms with Crippen LogP contribution in [0, 0.1) is 11.6 Å². The van der Waals surface area contributed by atoms with E-state index in [0.717, 1.165) is 12.1 Å². The number of hydrogen-bond acceptors (Lipinski definition) is 5. The molecule has 8 nitrogen and oxygen atoms in total. The summed E-state index contributed by atoms with van der Waals surface area (Å²) in [6.45, 7) is 1.15. The Morgan fingerprint density at radius 2 is 1.82 bits per heavy atom. The van der Waals surface area contributed by atoms with Gasteiger partial charge in [-0.2, -0.15) is 0 Å². The summed E-state index contributed by atoms with van der Waals surface area (Å²) >= 11 is 0. The summed E-state index contributed by atoms with van der Waals surface area (Å²) in [5.41, 5.74) is 1.45. The van der Waals surface area contributed by atoms with Crippen LogP contribution in [-0.2, 0) is 23.7 Å². The van der Waals surface area contributed by atoms with E-state index in [-0.39, 0.29) is 35.1 Å². The Bertz CT molecular complexity index is 1560. The maximum Gasteiger partial charge on any atom is 0.259 e. The van der Waals surface area contributed by atoms with E-state index in [9.17, 15) is 27.1 Å². The van der Waals surface area contributed by atoms with E-state index in [4.69, 9.17) is 4.74 Å². The van der Waals surface area contributed by atoms with Crippen LogP contribution in [0.25, 0.3) is 22.0 Å². The summed E-state index contributed by atoms with van der Waals surface area (Å²) in [6, 6.07) is 8.76. The predicted molar refractivity (Wildman–Crippen MR) is 124 cm³/mol. The number of nitrogens with zero attached hydrogens (tertiary/aromatic N) is 1. The number of rotatable bonds is 7. The number of H-pyrrole nitrogens is 1. The summed E-state index contributed by atoms with van der Waals surface area (Å²) in [6.07, 6.45) is 1.52. The molecular weight excluding hydrogens is 468 g/mol. The third-order valence-corrected chi connectivity index (χ3v) is 6.53. The lowest BCUT2D eigenvalue weighted by molar-refractivity contribution is 0.278. The Morgan fingerprint density at radius 3 is 2.50 bits per heavy atom. The van der Waals surface area contributed by atoms with Crippen LogP contribution in [0.15, 0.2) is 53.5 Å². The number of aromatic amines is 1. The Morgan fingerprint density at radius 1 is 1.09 bits per heavy atom. The molecule has 2 heterocycles. The summed E-state index contributed by atoms with van der Waals surface area (Å²) in [5.74, 6) is -1.95. The Balaban J connectivity index is 1.96. The van der Waals surface area contributed by atoms with Crippen molar-refractivity contribution in [1.29, 1.82) is 0 Å². The first-order chi connectivity index (χ1) is 16.1. The second kappa shape index (κ2) is 8.92. The van der Waals surface area contributed by atoms with Crippen LogP contribution < -0.4 is 15.0 Å². The highest BCUT2D eigenvalue weighted by Crippen LogP contribution is 2.39. The molecule has 0 saturated carbocycles. The number of pyridine rings is 1. The molecule has 0 spiro atoms. The van der Waals surface area contributed by atoms with Crippen molar-refractivity contribution in [3.8, 4) is 22.6 Å². The molecule has 34 heavy (non-hydrogen) atoms. The van der Waals surface area contributed by atoms with Crippen molar-refractivity contribution in [3.05, 3.63) is 76.3 Å². The molecule has 0 aliphatic rings. The normalized spacial score (nSPS) is 11.7. The minimum atomic E-state index is -3.60. The van der Waals surface area contributed by atoms with Crippen molar-refractivity contribution >= 4 is 26.6 Å². The summed E-state index contributed by atoms with van der Waals surface area (Å²) < 4.78 is 61.4. The molecule has 0 fully saturated rings. The Hall–Kier alpha value is -3.70. The fourth-order valence-electron chi connectivity index (χ4n) is 3.51. The zero-order chi connectivity index (χ0) is 24.6. The SMILES string of the molecule is CCS(=O)(=O)Nc1ccc(Oc2ccc(F)cc2F)c(-c2cn(C)c(=O)c3cc(CO)[nH]c23)c1. The second-order valence-electron chi connectivity index (χ2n) is 7.59. The van der Waals surface area contributed by atoms with Crippen molar-refractivity contribution in [2.45, 2.75) is 13.5 Å². The number of nitrogens with one attached hydrogen (secondary N) is 2. The third-order valence-electron chi connectivity index (χ3n) is 5.22. The molecule has 3 N–H and O–H groups in total. The van der Waals surface area contributed by atoms with Crippen LogP contribution in [0.3, 0.4) is 0 Å². The lowest BCUT2D eigenvalue weighted by Crippen LogP contribution is -2.16. The highest BCUT2D eigenvalue weighted by molar-refractivity contribution is 7.92. The Kier molecular flexibility index (Phi) is 6.15. The molecule has 0 saturated heterocycles. The van der Waals surface area contributed by atoms with E-state index in [1.165, 1.54) is 42.0 Å². The predicted octanol–water partition coefficient (Wildman–Crippen LogP) is 3.86. The molecule has 178 valence electrons. The summed E-state index contributed by atoms with van der Waals surface area (Å²) in [4.78, 5) is 15.6. The molecule has 0 amide bonds. The number of sulfonamides is 1. The average Bonchev–Trinajstić information content (AvgIpc) is 3.24. The van der Waals surface area contributed by atoms with Gasteiger partial charge in [-0.3, -0.25) is 9.52 Å². The topological polar surface area (TPSA) is 113 Å². The third kappa shape index (κ3) is 4.52. The molecule has 11 heteroatoms. The Labute approximate surface area is 193 Å². The number of aromatic nitrogens is 2. The fraction of sp³-hybridized carbons (Fsp3) is 0.174. The van der Waals surface area contributed by atoms with E-state index in [1.807, 2.05) is 0 Å². The summed E-state index contributed by atoms with van der Waals surface area (Å²) in [5, 5.41) is 9.84. The van der Waals surface area contributed by atoms with Crippen molar-refractivity contribution in [3.63, 3.8) is 0 Å². The van der Waals surface area contributed by atoms with Gasteiger partial charge in [-0.15, -0.1) is 0 Å². The van der Waals surface area contributed by atoms with Crippen molar-refractivity contribution in [1.82, 2.24) is 9.55 Å². The first kappa shape index (κ1) is 23.5. The van der Waals surface area contributed by atoms with Gasteiger partial charge in [-0.25, -0.2) is 17.2 Å². The number of aliphatic hydroxyl groups is 1. The number of anilines is 1. The van der Waals surface area contributed by atoms with Crippen molar-refractivity contribution in [2.75, 3.05) is 10.5 Å². The largest absolute Gasteiger partial charge is 0.454 e. The molecule has 0 aliphatic carbocycles. The fourth-order valence-corrected chi connectivity index (χ4v) is 4.14. The molecule has 0 atom stereocenters. The van der Waals surface area contributed by atoms with Gasteiger partial charge < -0.3 is 19.4 Å². The number of fused-ring (bicyclic) bond motifs is 1. The molecule has 0 unspecified atom stereocenters. The maximum absolute atomic E-state index is 14.3. The van der Waals surface area contributed by atoms with E-state index < -0.39 is 21.7 Å². The number of aliphatic hydroxyl groups excluding tert-OH is 1. The van der Waals surface area contributed by atoms with Gasteiger partial charge in [0.1, 0.15) is 11.6 Å². The standard InChI is InChI=1S/C23H21F2N3O5S/c1-3-34(31,32)27-14-5-7-20(33-21-6-4-13(24)8-19(21)25)16(9-14)18-11-28(2)23(30)17-10-15(12-29)26-22(17)18/h4-11,26-27,29H,3,12H2,1-2H3. The van der Waals surface area contributed by atoms with Crippen LogP contribution in [0.1, 0.15) is 12.6 Å². The van der Waals surface area contributed by atoms with Crippen LogP contribution in [-0.4, -0.2) is 28.8 Å². The lowest BCUT2D eigenvalue weighted by atomic mass is 10.0. The first-order valence-corrected chi connectivity index (χ1v) is 11.9. The molecule has 4 aromatic rings. The highest BCUT2D eigenvalue weighted by atomic mass is 32.2. The second-order valence-corrected chi connectivity index (χ2v) is 9.60. The monoisotopic (exact) mass is 489 g/mol. The zero-order valence-corrected chi connectivity index (χ0v) is 19.0. The number of halogens is 2. The van der Waals surface area contributed by atoms with Gasteiger partial charge in [0.15, 0.2) is 11.6 Å². The van der Waals surface area contributed by atoms with Crippen LogP contribution in [0.5, 0.6) is 11.5 Å². The van der Waals surface area contributed by atoms with Crippen LogP contribution in [0.4, 0.5) is 14.5 Å². The molecule has 2 aromatic carbocycles. The molecule has 0 aliphatic heterocycles. The van der Waals surface area contributed by atoms with Crippen LogP contribution in [0.2, 0.25) is 0 Å². The minimum absolute atomic E-state index is 0.130. The lowest BCUT2D eigenvalue weighted by Gasteiger charge is -2.16. The van der Waals surface area contributed by atoms with E-state index >= 15 is 0 Å². The van der Waals surface area contributed by atoms with Gasteiger partial charge in [-0.1, -0.05) is 0 Å². The average molecular weight is 490 g/mol.